The largest absolute Gasteiger partial charge is 0.370 e. The Morgan fingerprint density at radius 3 is 2.62 bits per heavy atom. The summed E-state index contributed by atoms with van der Waals surface area (Å²) in [4.78, 5) is 16.1. The van der Waals surface area contributed by atoms with E-state index in [1.165, 1.54) is 0 Å². The van der Waals surface area contributed by atoms with Crippen LogP contribution in [-0.4, -0.2) is 31.1 Å². The Balaban J connectivity index is 2.73. The third-order valence-corrected chi connectivity index (χ3v) is 3.80. The Bertz CT molecular complexity index is 670. The Labute approximate surface area is 129 Å². The molecule has 0 radical (unpaired) electrons. The lowest BCUT2D eigenvalue weighted by atomic mass is 9.99. The standard InChI is InChI=1S/C14H22ClN5O/c1-5-19-13-12(9(2)18-19)17-11(6-7-15)20(13)14(3,4)8-10(16)21/h5-8H2,1-4H3,(H2,16,21). The number of carbonyl (C=O) groups excluding carboxylic acids is 1. The molecule has 2 rings (SSSR count). The SMILES string of the molecule is CCn1nc(C)c2nc(CCCl)n(C(C)(C)CC(N)=O)c21. The number of amides is 1. The van der Waals surface area contributed by atoms with E-state index in [1.54, 1.807) is 0 Å². The molecular formula is C14H22ClN5O. The molecule has 116 valence electrons. The summed E-state index contributed by atoms with van der Waals surface area (Å²) >= 11 is 5.90. The fourth-order valence-electron chi connectivity index (χ4n) is 2.83. The molecule has 7 heteroatoms. The van der Waals surface area contributed by atoms with Crippen molar-refractivity contribution in [3.63, 3.8) is 0 Å². The molecule has 0 atom stereocenters. The number of hydrogen-bond donors (Lipinski definition) is 1. The highest BCUT2D eigenvalue weighted by atomic mass is 35.5. The van der Waals surface area contributed by atoms with E-state index in [9.17, 15) is 4.79 Å². The van der Waals surface area contributed by atoms with Crippen molar-refractivity contribution in [3.05, 3.63) is 11.5 Å². The second-order valence-corrected chi connectivity index (χ2v) is 6.21. The van der Waals surface area contributed by atoms with Crippen molar-refractivity contribution in [2.24, 2.45) is 5.73 Å². The van der Waals surface area contributed by atoms with Gasteiger partial charge in [0.15, 0.2) is 5.65 Å². The van der Waals surface area contributed by atoms with Gasteiger partial charge in [0.25, 0.3) is 0 Å². The molecule has 21 heavy (non-hydrogen) atoms. The summed E-state index contributed by atoms with van der Waals surface area (Å²) in [5, 5.41) is 4.51. The molecule has 0 aromatic carbocycles. The van der Waals surface area contributed by atoms with Gasteiger partial charge >= 0.3 is 0 Å². The second-order valence-electron chi connectivity index (χ2n) is 5.83. The molecule has 0 aliphatic heterocycles. The number of primary amides is 1. The molecule has 2 heterocycles. The lowest BCUT2D eigenvalue weighted by Crippen LogP contribution is -2.34. The number of aromatic nitrogens is 4. The summed E-state index contributed by atoms with van der Waals surface area (Å²) in [6.07, 6.45) is 0.878. The van der Waals surface area contributed by atoms with Gasteiger partial charge in [-0.3, -0.25) is 4.79 Å². The molecule has 2 N–H and O–H groups in total. The lowest BCUT2D eigenvalue weighted by Gasteiger charge is -2.28. The van der Waals surface area contributed by atoms with Crippen molar-refractivity contribution in [2.45, 2.75) is 52.6 Å². The molecule has 0 spiro atoms. The van der Waals surface area contributed by atoms with E-state index in [-0.39, 0.29) is 12.3 Å². The molecule has 0 saturated heterocycles. The Morgan fingerprint density at radius 1 is 1.43 bits per heavy atom. The number of carbonyl (C=O) groups is 1. The number of nitrogens with zero attached hydrogens (tertiary/aromatic N) is 4. The van der Waals surface area contributed by atoms with Gasteiger partial charge in [0.05, 0.1) is 11.2 Å². The van der Waals surface area contributed by atoms with Crippen molar-refractivity contribution in [3.8, 4) is 0 Å². The van der Waals surface area contributed by atoms with Crippen LogP contribution in [0.3, 0.4) is 0 Å². The molecule has 0 bridgehead atoms. The zero-order valence-corrected chi connectivity index (χ0v) is 13.7. The van der Waals surface area contributed by atoms with Crippen molar-refractivity contribution < 1.29 is 4.79 Å². The van der Waals surface area contributed by atoms with Gasteiger partial charge in [0.1, 0.15) is 11.3 Å². The molecule has 0 aliphatic carbocycles. The number of halogens is 1. The maximum Gasteiger partial charge on any atom is 0.219 e. The first-order valence-electron chi connectivity index (χ1n) is 7.11. The van der Waals surface area contributed by atoms with Crippen LogP contribution in [0.25, 0.3) is 11.2 Å². The van der Waals surface area contributed by atoms with E-state index in [4.69, 9.17) is 17.3 Å². The molecule has 6 nitrogen and oxygen atoms in total. The predicted octanol–water partition coefficient (Wildman–Crippen LogP) is 1.95. The van der Waals surface area contributed by atoms with E-state index in [1.807, 2.05) is 32.4 Å². The van der Waals surface area contributed by atoms with Gasteiger partial charge in [-0.05, 0) is 27.7 Å². The summed E-state index contributed by atoms with van der Waals surface area (Å²) < 4.78 is 3.98. The Morgan fingerprint density at radius 2 is 2.10 bits per heavy atom. The highest BCUT2D eigenvalue weighted by Crippen LogP contribution is 2.30. The number of aryl methyl sites for hydroxylation is 3. The number of rotatable bonds is 6. The minimum Gasteiger partial charge on any atom is -0.370 e. The molecule has 2 aromatic rings. The van der Waals surface area contributed by atoms with E-state index < -0.39 is 5.54 Å². The number of nitrogens with two attached hydrogens (primary N) is 1. The van der Waals surface area contributed by atoms with Gasteiger partial charge in [0.2, 0.25) is 5.91 Å². The smallest absolute Gasteiger partial charge is 0.219 e. The summed E-state index contributed by atoms with van der Waals surface area (Å²) in [6.45, 7) is 8.68. The van der Waals surface area contributed by atoms with Crippen LogP contribution in [0, 0.1) is 6.92 Å². The average Bonchev–Trinajstić information content (AvgIpc) is 2.86. The summed E-state index contributed by atoms with van der Waals surface area (Å²) in [5.74, 6) is 1.01. The molecular weight excluding hydrogens is 290 g/mol. The van der Waals surface area contributed by atoms with Crippen LogP contribution in [0.5, 0.6) is 0 Å². The Kier molecular flexibility index (Phi) is 4.27. The number of hydrogen-bond acceptors (Lipinski definition) is 3. The van der Waals surface area contributed by atoms with Crippen LogP contribution in [-0.2, 0) is 23.3 Å². The van der Waals surface area contributed by atoms with Crippen molar-refractivity contribution >= 4 is 28.7 Å². The van der Waals surface area contributed by atoms with Crippen LogP contribution < -0.4 is 5.73 Å². The molecule has 0 fully saturated rings. The Hall–Kier alpha value is -1.56. The average molecular weight is 312 g/mol. The maximum absolute atomic E-state index is 11.4. The predicted molar refractivity (Wildman–Crippen MR) is 83.5 cm³/mol. The van der Waals surface area contributed by atoms with Crippen LogP contribution in [0.4, 0.5) is 0 Å². The van der Waals surface area contributed by atoms with E-state index in [0.717, 1.165) is 29.2 Å². The van der Waals surface area contributed by atoms with Crippen LogP contribution >= 0.6 is 11.6 Å². The van der Waals surface area contributed by atoms with Gasteiger partial charge in [0, 0.05) is 25.3 Å². The maximum atomic E-state index is 11.4. The van der Waals surface area contributed by atoms with Crippen LogP contribution in [0.15, 0.2) is 0 Å². The number of alkyl halides is 1. The molecule has 2 aromatic heterocycles. The minimum absolute atomic E-state index is 0.238. The van der Waals surface area contributed by atoms with Crippen molar-refractivity contribution in [2.75, 3.05) is 5.88 Å². The van der Waals surface area contributed by atoms with Crippen LogP contribution in [0.2, 0.25) is 0 Å². The number of imidazole rings is 1. The first-order chi connectivity index (χ1) is 9.81. The summed E-state index contributed by atoms with van der Waals surface area (Å²) in [5.41, 5.74) is 7.62. The topological polar surface area (TPSA) is 78.7 Å². The van der Waals surface area contributed by atoms with Gasteiger partial charge in [-0.15, -0.1) is 11.6 Å². The first-order valence-corrected chi connectivity index (χ1v) is 7.64. The summed E-state index contributed by atoms with van der Waals surface area (Å²) in [6, 6.07) is 0. The third kappa shape index (κ3) is 2.77. The molecule has 0 saturated carbocycles. The van der Waals surface area contributed by atoms with Crippen molar-refractivity contribution in [1.82, 2.24) is 19.3 Å². The number of fused-ring (bicyclic) bond motifs is 1. The normalized spacial score (nSPS) is 12.2. The zero-order chi connectivity index (χ0) is 15.8. The van der Waals surface area contributed by atoms with E-state index in [2.05, 4.69) is 14.6 Å². The fraction of sp³-hybridized carbons (Fsp3) is 0.643. The second kappa shape index (κ2) is 5.67. The van der Waals surface area contributed by atoms with E-state index >= 15 is 0 Å². The third-order valence-electron chi connectivity index (χ3n) is 3.61. The van der Waals surface area contributed by atoms with Gasteiger partial charge in [-0.25, -0.2) is 9.67 Å². The van der Waals surface area contributed by atoms with Gasteiger partial charge in [-0.1, -0.05) is 0 Å². The molecule has 0 aliphatic rings. The van der Waals surface area contributed by atoms with Gasteiger partial charge in [-0.2, -0.15) is 5.10 Å². The monoisotopic (exact) mass is 311 g/mol. The van der Waals surface area contributed by atoms with Crippen molar-refractivity contribution in [1.29, 1.82) is 0 Å². The highest BCUT2D eigenvalue weighted by molar-refractivity contribution is 6.17. The van der Waals surface area contributed by atoms with E-state index in [0.29, 0.717) is 12.3 Å². The quantitative estimate of drug-likeness (QED) is 0.828. The lowest BCUT2D eigenvalue weighted by molar-refractivity contribution is -0.119. The van der Waals surface area contributed by atoms with Gasteiger partial charge < -0.3 is 10.3 Å². The summed E-state index contributed by atoms with van der Waals surface area (Å²) in [7, 11) is 0. The first kappa shape index (κ1) is 15.8. The zero-order valence-electron chi connectivity index (χ0n) is 13.0. The minimum atomic E-state index is -0.471. The fourth-order valence-corrected chi connectivity index (χ4v) is 3.00. The molecule has 1 amide bonds. The van der Waals surface area contributed by atoms with Crippen LogP contribution in [0.1, 0.15) is 38.7 Å². The molecule has 0 unspecified atom stereocenters. The highest BCUT2D eigenvalue weighted by Gasteiger charge is 2.30.